The van der Waals surface area contributed by atoms with Crippen LogP contribution in [-0.4, -0.2) is 57.6 Å². The molecule has 4 aromatic rings. The summed E-state index contributed by atoms with van der Waals surface area (Å²) >= 11 is 1.21. The van der Waals surface area contributed by atoms with Crippen molar-refractivity contribution in [3.05, 3.63) is 65.3 Å². The third-order valence-corrected chi connectivity index (χ3v) is 8.17. The number of amides is 4. The summed E-state index contributed by atoms with van der Waals surface area (Å²) in [6, 6.07) is 12.3. The van der Waals surface area contributed by atoms with E-state index in [4.69, 9.17) is 9.47 Å². The summed E-state index contributed by atoms with van der Waals surface area (Å²) in [5, 5.41) is 6.64. The van der Waals surface area contributed by atoms with Gasteiger partial charge >= 0.3 is 12.1 Å². The highest BCUT2D eigenvalue weighted by Crippen LogP contribution is 2.46. The van der Waals surface area contributed by atoms with Crippen molar-refractivity contribution in [1.82, 2.24) is 20.2 Å². The van der Waals surface area contributed by atoms with E-state index in [0.29, 0.717) is 56.9 Å². The van der Waals surface area contributed by atoms with Crippen LogP contribution in [0.5, 0.6) is 11.5 Å². The van der Waals surface area contributed by atoms with E-state index >= 15 is 0 Å². The van der Waals surface area contributed by atoms with Gasteiger partial charge in [0.2, 0.25) is 0 Å². The second-order valence-corrected chi connectivity index (χ2v) is 12.5. The maximum atomic E-state index is 13.6. The maximum absolute atomic E-state index is 13.6. The molecule has 43 heavy (non-hydrogen) atoms. The first-order chi connectivity index (χ1) is 20.6. The summed E-state index contributed by atoms with van der Waals surface area (Å²) in [5.41, 5.74) is 1.14. The first-order valence-corrected chi connectivity index (χ1v) is 14.9. The van der Waals surface area contributed by atoms with E-state index in [2.05, 4.69) is 20.6 Å². The second kappa shape index (κ2) is 11.2. The Morgan fingerprint density at radius 3 is 2.65 bits per heavy atom. The van der Waals surface area contributed by atoms with E-state index < -0.39 is 17.7 Å². The van der Waals surface area contributed by atoms with Crippen molar-refractivity contribution in [2.45, 2.75) is 52.2 Å². The Labute approximate surface area is 252 Å². The third-order valence-electron chi connectivity index (χ3n) is 7.08. The van der Waals surface area contributed by atoms with Gasteiger partial charge in [0, 0.05) is 25.3 Å². The van der Waals surface area contributed by atoms with Gasteiger partial charge in [0.05, 0.1) is 23.0 Å². The summed E-state index contributed by atoms with van der Waals surface area (Å²) in [5.74, 6) is 1.35. The van der Waals surface area contributed by atoms with Crippen LogP contribution in [0.15, 0.2) is 54.9 Å². The number of rotatable bonds is 5. The lowest BCUT2D eigenvalue weighted by molar-refractivity contribution is 0.0185. The molecule has 1 saturated heterocycles. The van der Waals surface area contributed by atoms with Gasteiger partial charge in [0.25, 0.3) is 5.91 Å². The van der Waals surface area contributed by atoms with Crippen molar-refractivity contribution < 1.29 is 23.9 Å². The van der Waals surface area contributed by atoms with Gasteiger partial charge in [0.15, 0.2) is 0 Å². The minimum Gasteiger partial charge on any atom is -0.456 e. The van der Waals surface area contributed by atoms with Crippen molar-refractivity contribution in [2.75, 3.05) is 23.3 Å². The number of para-hydroxylation sites is 1. The Morgan fingerprint density at radius 2 is 1.91 bits per heavy atom. The lowest BCUT2D eigenvalue weighted by Gasteiger charge is -2.34. The quantitative estimate of drug-likeness (QED) is 0.264. The number of pyridine rings is 2. The van der Waals surface area contributed by atoms with Crippen molar-refractivity contribution >= 4 is 56.8 Å². The number of carbonyl (C=O) groups excluding carboxylic acids is 3. The molecular formula is C31H32N6O5S. The van der Waals surface area contributed by atoms with Crippen LogP contribution >= 0.6 is 11.3 Å². The second-order valence-electron chi connectivity index (χ2n) is 11.5. The van der Waals surface area contributed by atoms with Crippen LogP contribution in [0.2, 0.25) is 0 Å². The molecule has 11 nitrogen and oxygen atoms in total. The van der Waals surface area contributed by atoms with Crippen molar-refractivity contribution in [1.29, 1.82) is 0 Å². The molecule has 5 heterocycles. The number of nitrogens with zero attached hydrogens (tertiary/aromatic N) is 4. The molecule has 0 saturated carbocycles. The molecule has 0 aliphatic carbocycles. The van der Waals surface area contributed by atoms with Crippen LogP contribution < -0.4 is 20.3 Å². The molecule has 1 atom stereocenters. The molecule has 1 fully saturated rings. The fraction of sp³-hybridized carbons (Fsp3) is 0.323. The normalized spacial score (nSPS) is 16.6. The number of benzene rings is 1. The van der Waals surface area contributed by atoms with Crippen LogP contribution in [-0.2, 0) is 4.74 Å². The van der Waals surface area contributed by atoms with E-state index in [1.807, 2.05) is 64.1 Å². The van der Waals surface area contributed by atoms with E-state index in [1.54, 1.807) is 23.4 Å². The smallest absolute Gasteiger partial charge is 0.410 e. The molecular weight excluding hydrogens is 568 g/mol. The zero-order valence-corrected chi connectivity index (χ0v) is 25.2. The number of hydrogen-bond acceptors (Lipinski definition) is 8. The predicted molar refractivity (Wildman–Crippen MR) is 165 cm³/mol. The SMILES string of the molecule is Cc1cc(Oc2ccccc2)cnc1N1C(=O)Nc2c(C(=O)NC3CCCN(C(=O)OC(C)(C)C)C3)sc3nccc1c23. The van der Waals surface area contributed by atoms with Gasteiger partial charge < -0.3 is 25.0 Å². The maximum Gasteiger partial charge on any atom is 0.410 e. The number of urea groups is 1. The minimum atomic E-state index is -0.601. The average Bonchev–Trinajstić information content (AvgIpc) is 3.33. The number of nitrogens with one attached hydrogen (secondary N) is 2. The highest BCUT2D eigenvalue weighted by molar-refractivity contribution is 7.21. The van der Waals surface area contributed by atoms with Crippen molar-refractivity contribution in [2.24, 2.45) is 0 Å². The summed E-state index contributed by atoms with van der Waals surface area (Å²) < 4.78 is 11.4. The van der Waals surface area contributed by atoms with Gasteiger partial charge in [-0.25, -0.2) is 24.5 Å². The van der Waals surface area contributed by atoms with E-state index in [1.165, 1.54) is 16.2 Å². The number of aryl methyl sites for hydroxylation is 1. The average molecular weight is 601 g/mol. The fourth-order valence-electron chi connectivity index (χ4n) is 5.25. The molecule has 2 N–H and O–H groups in total. The monoisotopic (exact) mass is 600 g/mol. The zero-order chi connectivity index (χ0) is 30.3. The van der Waals surface area contributed by atoms with E-state index in [9.17, 15) is 14.4 Å². The molecule has 0 spiro atoms. The van der Waals surface area contributed by atoms with Gasteiger partial charge in [-0.05, 0) is 70.4 Å². The number of anilines is 3. The molecule has 3 aromatic heterocycles. The number of hydrogen-bond donors (Lipinski definition) is 2. The lowest BCUT2D eigenvalue weighted by atomic mass is 10.1. The Morgan fingerprint density at radius 1 is 1.12 bits per heavy atom. The summed E-state index contributed by atoms with van der Waals surface area (Å²) in [6.07, 6.45) is 4.26. The number of carbonyl (C=O) groups is 3. The van der Waals surface area contributed by atoms with Gasteiger partial charge in [0.1, 0.15) is 32.6 Å². The Kier molecular flexibility index (Phi) is 7.38. The van der Waals surface area contributed by atoms with Gasteiger partial charge in [-0.3, -0.25) is 4.79 Å². The fourth-order valence-corrected chi connectivity index (χ4v) is 6.27. The first kappa shape index (κ1) is 28.4. The predicted octanol–water partition coefficient (Wildman–Crippen LogP) is 6.60. The van der Waals surface area contributed by atoms with Gasteiger partial charge in [-0.15, -0.1) is 11.3 Å². The number of piperidine rings is 1. The third kappa shape index (κ3) is 5.82. The number of thiophene rings is 1. The van der Waals surface area contributed by atoms with Crippen LogP contribution in [0, 0.1) is 6.92 Å². The van der Waals surface area contributed by atoms with Crippen LogP contribution in [0.4, 0.5) is 26.8 Å². The lowest BCUT2D eigenvalue weighted by Crippen LogP contribution is -2.50. The Balaban J connectivity index is 1.25. The first-order valence-electron chi connectivity index (χ1n) is 14.1. The van der Waals surface area contributed by atoms with E-state index in [0.717, 1.165) is 18.4 Å². The molecule has 1 unspecified atom stereocenters. The number of ether oxygens (including phenoxy) is 2. The van der Waals surface area contributed by atoms with Gasteiger partial charge in [-0.1, -0.05) is 18.2 Å². The van der Waals surface area contributed by atoms with Crippen molar-refractivity contribution in [3.8, 4) is 11.5 Å². The highest BCUT2D eigenvalue weighted by atomic mass is 32.1. The zero-order valence-electron chi connectivity index (χ0n) is 24.3. The Hall–Kier alpha value is -4.71. The summed E-state index contributed by atoms with van der Waals surface area (Å²) in [7, 11) is 0. The number of aromatic nitrogens is 2. The molecule has 2 aliphatic rings. The number of likely N-dealkylation sites (tertiary alicyclic amines) is 1. The summed E-state index contributed by atoms with van der Waals surface area (Å²) in [6.45, 7) is 8.25. The minimum absolute atomic E-state index is 0.252. The molecule has 1 aromatic carbocycles. The van der Waals surface area contributed by atoms with Crippen LogP contribution in [0.3, 0.4) is 0 Å². The van der Waals surface area contributed by atoms with Gasteiger partial charge in [-0.2, -0.15) is 0 Å². The molecule has 2 aliphatic heterocycles. The molecule has 6 rings (SSSR count). The molecule has 4 amide bonds. The molecule has 12 heteroatoms. The van der Waals surface area contributed by atoms with Crippen LogP contribution in [0.25, 0.3) is 10.2 Å². The van der Waals surface area contributed by atoms with Crippen molar-refractivity contribution in [3.63, 3.8) is 0 Å². The van der Waals surface area contributed by atoms with Crippen LogP contribution in [0.1, 0.15) is 48.8 Å². The Bertz CT molecular complexity index is 1720. The molecule has 0 radical (unpaired) electrons. The molecule has 222 valence electrons. The topological polar surface area (TPSA) is 126 Å². The highest BCUT2D eigenvalue weighted by Gasteiger charge is 2.35. The molecule has 0 bridgehead atoms. The summed E-state index contributed by atoms with van der Waals surface area (Å²) in [4.78, 5) is 52.9. The standard InChI is InChI=1S/C31H32N6O5S/c1-18-15-21(41-20-10-6-5-7-11-20)16-33-26(18)37-22-12-13-32-28-23(22)24(35-29(37)39)25(43-28)27(38)34-19-9-8-14-36(17-19)30(40)42-31(2,3)4/h5-7,10-13,15-16,19H,8-9,14,17H2,1-4H3,(H,34,38)(H,35,39). The largest absolute Gasteiger partial charge is 0.456 e. The van der Waals surface area contributed by atoms with E-state index in [-0.39, 0.29) is 11.9 Å².